The number of nitrogen functional groups attached to an aromatic ring is 1. The van der Waals surface area contributed by atoms with Crippen molar-refractivity contribution in [3.05, 3.63) is 29.3 Å². The molecule has 17 heavy (non-hydrogen) atoms. The lowest BCUT2D eigenvalue weighted by Gasteiger charge is -2.23. The molecule has 1 aromatic rings. The molecular weight excluding hydrogens is 210 g/mol. The van der Waals surface area contributed by atoms with Crippen LogP contribution in [0.2, 0.25) is 0 Å². The molecule has 0 radical (unpaired) electrons. The lowest BCUT2D eigenvalue weighted by Crippen LogP contribution is -2.08. The van der Waals surface area contributed by atoms with Gasteiger partial charge >= 0.3 is 0 Å². The van der Waals surface area contributed by atoms with Crippen LogP contribution in [-0.4, -0.2) is 5.78 Å². The van der Waals surface area contributed by atoms with Gasteiger partial charge in [0.1, 0.15) is 0 Å². The summed E-state index contributed by atoms with van der Waals surface area (Å²) in [5.74, 6) is 0.779. The molecule has 1 fully saturated rings. The molecule has 2 rings (SSSR count). The van der Waals surface area contributed by atoms with E-state index in [4.69, 9.17) is 5.73 Å². The van der Waals surface area contributed by atoms with Crippen LogP contribution in [0.3, 0.4) is 0 Å². The molecule has 0 bridgehead atoms. The normalized spacial score (nSPS) is 17.0. The largest absolute Gasteiger partial charge is 0.398 e. The molecule has 0 atom stereocenters. The molecule has 2 heteroatoms. The summed E-state index contributed by atoms with van der Waals surface area (Å²) in [6, 6.07) is 5.86. The predicted octanol–water partition coefficient (Wildman–Crippen LogP) is 3.91. The van der Waals surface area contributed by atoms with Crippen LogP contribution in [0.4, 0.5) is 5.69 Å². The monoisotopic (exact) mass is 231 g/mol. The van der Waals surface area contributed by atoms with Crippen LogP contribution < -0.4 is 5.73 Å². The third-order valence-corrected chi connectivity index (χ3v) is 3.77. The molecular formula is C15H21NO. The highest BCUT2D eigenvalue weighted by atomic mass is 16.1. The van der Waals surface area contributed by atoms with Crippen LogP contribution >= 0.6 is 0 Å². The molecule has 0 spiro atoms. The summed E-state index contributed by atoms with van der Waals surface area (Å²) >= 11 is 0. The second kappa shape index (κ2) is 5.35. The van der Waals surface area contributed by atoms with E-state index in [0.29, 0.717) is 12.3 Å². The van der Waals surface area contributed by atoms with Crippen LogP contribution in [0.25, 0.3) is 0 Å². The number of rotatable bonds is 3. The van der Waals surface area contributed by atoms with Gasteiger partial charge in [-0.2, -0.15) is 0 Å². The summed E-state index contributed by atoms with van der Waals surface area (Å²) in [6.45, 7) is 1.88. The van der Waals surface area contributed by atoms with E-state index < -0.39 is 0 Å². The fourth-order valence-electron chi connectivity index (χ4n) is 2.74. The number of anilines is 1. The second-order valence-corrected chi connectivity index (χ2v) is 4.96. The van der Waals surface area contributed by atoms with E-state index in [9.17, 15) is 4.79 Å². The van der Waals surface area contributed by atoms with E-state index >= 15 is 0 Å². The van der Waals surface area contributed by atoms with Crippen LogP contribution in [0.1, 0.15) is 67.3 Å². The zero-order valence-electron chi connectivity index (χ0n) is 10.5. The van der Waals surface area contributed by atoms with Crippen molar-refractivity contribution in [2.75, 3.05) is 5.73 Å². The lowest BCUT2D eigenvalue weighted by atomic mass is 9.83. The van der Waals surface area contributed by atoms with Gasteiger partial charge in [0.05, 0.1) is 0 Å². The summed E-state index contributed by atoms with van der Waals surface area (Å²) in [4.78, 5) is 11.6. The smallest absolute Gasteiger partial charge is 0.162 e. The Morgan fingerprint density at radius 3 is 2.59 bits per heavy atom. The number of nitrogens with two attached hydrogens (primary N) is 1. The highest BCUT2D eigenvalue weighted by Gasteiger charge is 2.18. The van der Waals surface area contributed by atoms with Gasteiger partial charge in [0.15, 0.2) is 5.78 Å². The molecule has 2 nitrogen and oxygen atoms in total. The van der Waals surface area contributed by atoms with Crippen molar-refractivity contribution in [3.63, 3.8) is 0 Å². The Kier molecular flexibility index (Phi) is 3.82. The molecule has 1 aromatic carbocycles. The molecule has 0 aliphatic heterocycles. The molecule has 1 aliphatic rings. The quantitative estimate of drug-likeness (QED) is 0.633. The van der Waals surface area contributed by atoms with Gasteiger partial charge in [-0.05, 0) is 30.4 Å². The van der Waals surface area contributed by atoms with Crippen LogP contribution in [-0.2, 0) is 0 Å². The van der Waals surface area contributed by atoms with Gasteiger partial charge in [-0.1, -0.05) is 38.3 Å². The third kappa shape index (κ3) is 2.68. The molecule has 92 valence electrons. The minimum atomic E-state index is 0.173. The minimum absolute atomic E-state index is 0.173. The second-order valence-electron chi connectivity index (χ2n) is 4.96. The summed E-state index contributed by atoms with van der Waals surface area (Å²) in [5.41, 5.74) is 8.90. The SMILES string of the molecule is CCC(=O)c1ccc(C2CCCCC2)c(N)c1. The number of ketones is 1. The van der Waals surface area contributed by atoms with Crippen LogP contribution in [0.5, 0.6) is 0 Å². The number of carbonyl (C=O) groups is 1. The number of Topliss-reactive ketones (excluding diaryl/α,β-unsaturated/α-hetero) is 1. The van der Waals surface area contributed by atoms with E-state index in [1.807, 2.05) is 19.1 Å². The Balaban J connectivity index is 2.21. The first kappa shape index (κ1) is 12.2. The maximum Gasteiger partial charge on any atom is 0.162 e. The van der Waals surface area contributed by atoms with Crippen LogP contribution in [0, 0.1) is 0 Å². The minimum Gasteiger partial charge on any atom is -0.398 e. The maximum atomic E-state index is 11.6. The summed E-state index contributed by atoms with van der Waals surface area (Å²) < 4.78 is 0. The zero-order valence-corrected chi connectivity index (χ0v) is 10.5. The average molecular weight is 231 g/mol. The first-order valence-electron chi connectivity index (χ1n) is 6.65. The molecule has 0 unspecified atom stereocenters. The molecule has 0 amide bonds. The van der Waals surface area contributed by atoms with Gasteiger partial charge in [-0.25, -0.2) is 0 Å². The number of hydrogen-bond acceptors (Lipinski definition) is 2. The summed E-state index contributed by atoms with van der Waals surface area (Å²) in [7, 11) is 0. The highest BCUT2D eigenvalue weighted by molar-refractivity contribution is 5.96. The Labute approximate surface area is 103 Å². The average Bonchev–Trinajstić information content (AvgIpc) is 2.38. The zero-order chi connectivity index (χ0) is 12.3. The highest BCUT2D eigenvalue weighted by Crippen LogP contribution is 2.35. The van der Waals surface area contributed by atoms with Crippen molar-refractivity contribution in [2.24, 2.45) is 0 Å². The Morgan fingerprint density at radius 2 is 2.00 bits per heavy atom. The topological polar surface area (TPSA) is 43.1 Å². The van der Waals surface area contributed by atoms with Crippen LogP contribution in [0.15, 0.2) is 18.2 Å². The summed E-state index contributed by atoms with van der Waals surface area (Å²) in [6.07, 6.45) is 6.99. The third-order valence-electron chi connectivity index (χ3n) is 3.77. The standard InChI is InChI=1S/C15H21NO/c1-2-15(17)12-8-9-13(14(16)10-12)11-6-4-3-5-7-11/h8-11H,2-7,16H2,1H3. The predicted molar refractivity (Wildman–Crippen MR) is 71.3 cm³/mol. The van der Waals surface area contributed by atoms with Gasteiger partial charge in [0.25, 0.3) is 0 Å². The van der Waals surface area contributed by atoms with E-state index in [1.165, 1.54) is 37.7 Å². The maximum absolute atomic E-state index is 11.6. The van der Waals surface area contributed by atoms with Crippen molar-refractivity contribution in [1.29, 1.82) is 0 Å². The molecule has 0 aromatic heterocycles. The first-order chi connectivity index (χ1) is 8.22. The number of carbonyl (C=O) groups excluding carboxylic acids is 1. The van der Waals surface area contributed by atoms with E-state index in [0.717, 1.165) is 11.3 Å². The molecule has 1 aliphatic carbocycles. The van der Waals surface area contributed by atoms with E-state index in [1.54, 1.807) is 0 Å². The fourth-order valence-corrected chi connectivity index (χ4v) is 2.74. The lowest BCUT2D eigenvalue weighted by molar-refractivity contribution is 0.0988. The van der Waals surface area contributed by atoms with Gasteiger partial charge in [0, 0.05) is 17.7 Å². The Morgan fingerprint density at radius 1 is 1.29 bits per heavy atom. The Bertz CT molecular complexity index is 405. The van der Waals surface area contributed by atoms with E-state index in [2.05, 4.69) is 6.07 Å². The van der Waals surface area contributed by atoms with Gasteiger partial charge in [-0.3, -0.25) is 4.79 Å². The van der Waals surface area contributed by atoms with Crippen molar-refractivity contribution in [1.82, 2.24) is 0 Å². The Hall–Kier alpha value is -1.31. The number of benzene rings is 1. The van der Waals surface area contributed by atoms with Crippen molar-refractivity contribution in [3.8, 4) is 0 Å². The summed E-state index contributed by atoms with van der Waals surface area (Å²) in [5, 5.41) is 0. The van der Waals surface area contributed by atoms with Gasteiger partial charge < -0.3 is 5.73 Å². The van der Waals surface area contributed by atoms with Crippen molar-refractivity contribution in [2.45, 2.75) is 51.4 Å². The molecule has 0 saturated heterocycles. The first-order valence-corrected chi connectivity index (χ1v) is 6.65. The molecule has 2 N–H and O–H groups in total. The van der Waals surface area contributed by atoms with Crippen molar-refractivity contribution < 1.29 is 4.79 Å². The van der Waals surface area contributed by atoms with Crippen molar-refractivity contribution >= 4 is 11.5 Å². The van der Waals surface area contributed by atoms with Gasteiger partial charge in [0.2, 0.25) is 0 Å². The number of hydrogen-bond donors (Lipinski definition) is 1. The molecule has 0 heterocycles. The van der Waals surface area contributed by atoms with E-state index in [-0.39, 0.29) is 5.78 Å². The van der Waals surface area contributed by atoms with Gasteiger partial charge in [-0.15, -0.1) is 0 Å². The molecule has 1 saturated carbocycles. The fraction of sp³-hybridized carbons (Fsp3) is 0.533.